The summed E-state index contributed by atoms with van der Waals surface area (Å²) in [5.41, 5.74) is 6.62. The number of methoxy groups -OCH3 is 1. The minimum Gasteiger partial charge on any atom is -0.497 e. The van der Waals surface area contributed by atoms with E-state index < -0.39 is 5.91 Å². The predicted octanol–water partition coefficient (Wildman–Crippen LogP) is 3.47. The minimum atomic E-state index is -0.442. The van der Waals surface area contributed by atoms with Gasteiger partial charge in [-0.1, -0.05) is 24.6 Å². The first kappa shape index (κ1) is 22.2. The smallest absolute Gasteiger partial charge is 0.269 e. The Kier molecular flexibility index (Phi) is 8.03. The minimum absolute atomic E-state index is 0.0883. The summed E-state index contributed by atoms with van der Waals surface area (Å²) in [5, 5.41) is 3.33. The third kappa shape index (κ3) is 7.12. The molecule has 7 nitrogen and oxygen atoms in total. The summed E-state index contributed by atoms with van der Waals surface area (Å²) < 4.78 is 5.03. The van der Waals surface area contributed by atoms with Crippen molar-refractivity contribution in [2.45, 2.75) is 26.7 Å². The van der Waals surface area contributed by atoms with Gasteiger partial charge in [0, 0.05) is 29.1 Å². The number of rotatable bonds is 7. The number of carbonyl (C=O) groups is 3. The number of halogens is 1. The van der Waals surface area contributed by atoms with E-state index in [1.54, 1.807) is 43.3 Å². The fourth-order valence-corrected chi connectivity index (χ4v) is 2.76. The second kappa shape index (κ2) is 10.5. The molecule has 0 aliphatic heterocycles. The molecular formula is C21H24ClN3O4. The highest BCUT2D eigenvalue weighted by Crippen LogP contribution is 2.20. The number of ether oxygens (including phenoxy) is 1. The van der Waals surface area contributed by atoms with Crippen LogP contribution in [0.3, 0.4) is 0 Å². The number of hydrogen-bond donors (Lipinski definition) is 3. The van der Waals surface area contributed by atoms with E-state index in [1.807, 2.05) is 13.0 Å². The molecule has 0 fully saturated rings. The molecule has 2 aromatic rings. The van der Waals surface area contributed by atoms with Crippen LogP contribution in [0, 0.1) is 12.8 Å². The lowest BCUT2D eigenvalue weighted by Gasteiger charge is -2.13. The van der Waals surface area contributed by atoms with E-state index in [4.69, 9.17) is 16.3 Å². The maximum Gasteiger partial charge on any atom is 0.269 e. The molecular weight excluding hydrogens is 394 g/mol. The lowest BCUT2D eigenvalue weighted by atomic mass is 10.0. The van der Waals surface area contributed by atoms with Gasteiger partial charge in [0.25, 0.3) is 5.91 Å². The van der Waals surface area contributed by atoms with Crippen molar-refractivity contribution in [2.75, 3.05) is 12.4 Å². The van der Waals surface area contributed by atoms with Crippen LogP contribution in [0.2, 0.25) is 5.02 Å². The Labute approximate surface area is 174 Å². The first-order valence-electron chi connectivity index (χ1n) is 9.07. The second-order valence-electron chi connectivity index (χ2n) is 6.76. The summed E-state index contributed by atoms with van der Waals surface area (Å²) in [5.74, 6) is -0.625. The molecule has 0 saturated carbocycles. The summed E-state index contributed by atoms with van der Waals surface area (Å²) >= 11 is 6.05. The lowest BCUT2D eigenvalue weighted by Crippen LogP contribution is -2.42. The van der Waals surface area contributed by atoms with Crippen molar-refractivity contribution in [3.63, 3.8) is 0 Å². The van der Waals surface area contributed by atoms with Gasteiger partial charge in [0.2, 0.25) is 11.8 Å². The Morgan fingerprint density at radius 2 is 1.66 bits per heavy atom. The molecule has 0 radical (unpaired) electrons. The number of nitrogens with one attached hydrogen (secondary N) is 3. The van der Waals surface area contributed by atoms with E-state index in [2.05, 4.69) is 16.2 Å². The Bertz CT molecular complexity index is 884. The summed E-state index contributed by atoms with van der Waals surface area (Å²) in [6.45, 7) is 3.66. The fraction of sp³-hybridized carbons (Fsp3) is 0.286. The van der Waals surface area contributed by atoms with Gasteiger partial charge < -0.3 is 10.1 Å². The van der Waals surface area contributed by atoms with E-state index in [-0.39, 0.29) is 30.6 Å². The SMILES string of the molecule is COc1ccc(C(=O)NNC(=O)CC(C)CC(=O)Nc2ccc(C)c(Cl)c2)cc1. The number of hydrazine groups is 1. The number of amides is 3. The van der Waals surface area contributed by atoms with E-state index in [0.717, 1.165) is 5.56 Å². The van der Waals surface area contributed by atoms with E-state index in [0.29, 0.717) is 22.0 Å². The van der Waals surface area contributed by atoms with Gasteiger partial charge in [-0.15, -0.1) is 0 Å². The monoisotopic (exact) mass is 417 g/mol. The molecule has 0 aliphatic rings. The van der Waals surface area contributed by atoms with Crippen molar-refractivity contribution >= 4 is 35.0 Å². The van der Waals surface area contributed by atoms with Crippen LogP contribution in [-0.4, -0.2) is 24.8 Å². The standard InChI is InChI=1S/C21H24ClN3O4/c1-13(10-19(26)23-16-7-4-14(2)18(22)12-16)11-20(27)24-25-21(28)15-5-8-17(29-3)9-6-15/h4-9,12-13H,10-11H2,1-3H3,(H,23,26)(H,24,27)(H,25,28). The highest BCUT2D eigenvalue weighted by atomic mass is 35.5. The first-order chi connectivity index (χ1) is 13.8. The highest BCUT2D eigenvalue weighted by Gasteiger charge is 2.15. The van der Waals surface area contributed by atoms with E-state index in [9.17, 15) is 14.4 Å². The topological polar surface area (TPSA) is 96.5 Å². The molecule has 0 aliphatic carbocycles. The summed E-state index contributed by atoms with van der Waals surface area (Å²) in [6, 6.07) is 11.7. The molecule has 0 saturated heterocycles. The van der Waals surface area contributed by atoms with Crippen molar-refractivity contribution in [1.29, 1.82) is 0 Å². The Morgan fingerprint density at radius 1 is 1.00 bits per heavy atom. The van der Waals surface area contributed by atoms with E-state index >= 15 is 0 Å². The van der Waals surface area contributed by atoms with Crippen LogP contribution in [0.25, 0.3) is 0 Å². The third-order valence-corrected chi connectivity index (χ3v) is 4.60. The second-order valence-corrected chi connectivity index (χ2v) is 7.16. The summed E-state index contributed by atoms with van der Waals surface area (Å²) in [4.78, 5) is 36.2. The van der Waals surface area contributed by atoms with Gasteiger partial charge in [-0.2, -0.15) is 0 Å². The average Bonchev–Trinajstić information content (AvgIpc) is 2.68. The molecule has 0 heterocycles. The number of anilines is 1. The maximum absolute atomic E-state index is 12.1. The van der Waals surface area contributed by atoms with Crippen molar-refractivity contribution in [3.05, 3.63) is 58.6 Å². The van der Waals surface area contributed by atoms with Crippen molar-refractivity contribution in [3.8, 4) is 5.75 Å². The number of benzene rings is 2. The highest BCUT2D eigenvalue weighted by molar-refractivity contribution is 6.31. The molecule has 0 bridgehead atoms. The fourth-order valence-electron chi connectivity index (χ4n) is 2.58. The quantitative estimate of drug-likeness (QED) is 0.601. The first-order valence-corrected chi connectivity index (χ1v) is 9.45. The van der Waals surface area contributed by atoms with Gasteiger partial charge in [-0.05, 0) is 54.8 Å². The molecule has 1 unspecified atom stereocenters. The van der Waals surface area contributed by atoms with Crippen molar-refractivity contribution in [2.24, 2.45) is 5.92 Å². The van der Waals surface area contributed by atoms with Gasteiger partial charge in [0.05, 0.1) is 7.11 Å². The molecule has 8 heteroatoms. The van der Waals surface area contributed by atoms with Crippen LogP contribution in [0.5, 0.6) is 5.75 Å². The van der Waals surface area contributed by atoms with Gasteiger partial charge in [0.1, 0.15) is 5.75 Å². The molecule has 0 spiro atoms. The Morgan fingerprint density at radius 3 is 2.28 bits per heavy atom. The number of carbonyl (C=O) groups excluding carboxylic acids is 3. The van der Waals surface area contributed by atoms with Crippen LogP contribution < -0.4 is 20.9 Å². The molecule has 154 valence electrons. The molecule has 0 aromatic heterocycles. The Hall–Kier alpha value is -3.06. The lowest BCUT2D eigenvalue weighted by molar-refractivity contribution is -0.123. The van der Waals surface area contributed by atoms with Crippen LogP contribution in [0.15, 0.2) is 42.5 Å². The van der Waals surface area contributed by atoms with Crippen molar-refractivity contribution in [1.82, 2.24) is 10.9 Å². The van der Waals surface area contributed by atoms with Crippen LogP contribution in [-0.2, 0) is 9.59 Å². The molecule has 1 atom stereocenters. The van der Waals surface area contributed by atoms with Gasteiger partial charge in [0.15, 0.2) is 0 Å². The predicted molar refractivity (Wildman–Crippen MR) is 112 cm³/mol. The van der Waals surface area contributed by atoms with Gasteiger partial charge in [-0.25, -0.2) is 0 Å². The van der Waals surface area contributed by atoms with Crippen LogP contribution in [0.4, 0.5) is 5.69 Å². The van der Waals surface area contributed by atoms with Crippen molar-refractivity contribution < 1.29 is 19.1 Å². The normalized spacial score (nSPS) is 11.3. The van der Waals surface area contributed by atoms with Crippen LogP contribution >= 0.6 is 11.6 Å². The number of aryl methyl sites for hydroxylation is 1. The zero-order valence-corrected chi connectivity index (χ0v) is 17.3. The molecule has 2 rings (SSSR count). The molecule has 3 amide bonds. The summed E-state index contributed by atoms with van der Waals surface area (Å²) in [7, 11) is 1.53. The zero-order valence-electron chi connectivity index (χ0n) is 16.5. The Balaban J connectivity index is 1.75. The average molecular weight is 418 g/mol. The van der Waals surface area contributed by atoms with E-state index in [1.165, 1.54) is 7.11 Å². The largest absolute Gasteiger partial charge is 0.497 e. The van der Waals surface area contributed by atoms with Gasteiger partial charge >= 0.3 is 0 Å². The van der Waals surface area contributed by atoms with Crippen LogP contribution in [0.1, 0.15) is 35.7 Å². The molecule has 29 heavy (non-hydrogen) atoms. The molecule has 3 N–H and O–H groups in total. The number of hydrogen-bond acceptors (Lipinski definition) is 4. The summed E-state index contributed by atoms with van der Waals surface area (Å²) in [6.07, 6.45) is 0.246. The molecule has 2 aromatic carbocycles. The maximum atomic E-state index is 12.1. The zero-order chi connectivity index (χ0) is 21.4. The third-order valence-electron chi connectivity index (χ3n) is 4.19. The van der Waals surface area contributed by atoms with Gasteiger partial charge in [-0.3, -0.25) is 25.2 Å².